The van der Waals surface area contributed by atoms with Crippen molar-refractivity contribution < 1.29 is 13.5 Å². The Morgan fingerprint density at radius 3 is 2.34 bits per heavy atom. The molecule has 3 rings (SSSR count). The zero-order valence-electron chi connectivity index (χ0n) is 17.6. The number of benzene rings is 2. The van der Waals surface area contributed by atoms with Crippen LogP contribution in [0.3, 0.4) is 0 Å². The fraction of sp³-hybridized carbons (Fsp3) is 0.462. The smallest absolute Gasteiger partial charge is 0.166 e. The second kappa shape index (κ2) is 10.7. The Hall–Kier alpha value is -2.00. The van der Waals surface area contributed by atoms with Gasteiger partial charge >= 0.3 is 0 Å². The molecule has 0 atom stereocenters. The van der Waals surface area contributed by atoms with Crippen LogP contribution in [-0.4, -0.2) is 12.7 Å². The predicted octanol–water partition coefficient (Wildman–Crippen LogP) is 7.59. The highest BCUT2D eigenvalue weighted by atomic mass is 19.2. The van der Waals surface area contributed by atoms with Gasteiger partial charge in [-0.3, -0.25) is 0 Å². The number of hydrogen-bond acceptors (Lipinski definition) is 1. The molecule has 1 nitrogen and oxygen atoms in total. The van der Waals surface area contributed by atoms with Gasteiger partial charge in [-0.2, -0.15) is 0 Å². The van der Waals surface area contributed by atoms with Crippen LogP contribution in [0.1, 0.15) is 69.4 Å². The molecule has 0 aromatic heterocycles. The van der Waals surface area contributed by atoms with Crippen LogP contribution < -0.4 is 0 Å². The second-order valence-electron chi connectivity index (χ2n) is 7.98. The monoisotopic (exact) mass is 398 g/mol. The maximum Gasteiger partial charge on any atom is 0.166 e. The van der Waals surface area contributed by atoms with Crippen LogP contribution in [0.4, 0.5) is 8.78 Å². The summed E-state index contributed by atoms with van der Waals surface area (Å²) >= 11 is 0. The Kier molecular flexibility index (Phi) is 8.00. The molecule has 0 radical (unpaired) electrons. The molecular formula is C26H32F2O. The third-order valence-electron chi connectivity index (χ3n) is 5.88. The van der Waals surface area contributed by atoms with Gasteiger partial charge in [-0.25, -0.2) is 8.78 Å². The van der Waals surface area contributed by atoms with Crippen LogP contribution in [-0.2, 0) is 11.2 Å². The SMILES string of the molecule is C/C=C/CCc1ccc(-c2ccc(C3CCC(OCCC)CC3)c(F)c2F)cc1. The molecule has 0 saturated heterocycles. The molecule has 0 heterocycles. The number of hydrogen-bond donors (Lipinski definition) is 0. The van der Waals surface area contributed by atoms with E-state index in [1.54, 1.807) is 12.1 Å². The molecule has 0 bridgehead atoms. The number of ether oxygens (including phenoxy) is 1. The molecule has 2 aromatic rings. The summed E-state index contributed by atoms with van der Waals surface area (Å²) in [6.07, 6.45) is 10.9. The largest absolute Gasteiger partial charge is 0.378 e. The lowest BCUT2D eigenvalue weighted by atomic mass is 9.82. The van der Waals surface area contributed by atoms with E-state index >= 15 is 0 Å². The van der Waals surface area contributed by atoms with E-state index in [-0.39, 0.29) is 12.0 Å². The van der Waals surface area contributed by atoms with Crippen molar-refractivity contribution in [1.82, 2.24) is 0 Å². The van der Waals surface area contributed by atoms with E-state index in [0.717, 1.165) is 57.1 Å². The zero-order valence-corrected chi connectivity index (χ0v) is 17.6. The minimum Gasteiger partial charge on any atom is -0.378 e. The Balaban J connectivity index is 1.70. The van der Waals surface area contributed by atoms with E-state index in [1.165, 1.54) is 5.56 Å². The number of halogens is 2. The maximum absolute atomic E-state index is 14.9. The number of rotatable bonds is 8. The van der Waals surface area contributed by atoms with E-state index in [2.05, 4.69) is 13.0 Å². The van der Waals surface area contributed by atoms with Crippen molar-refractivity contribution in [2.75, 3.05) is 6.61 Å². The van der Waals surface area contributed by atoms with Crippen LogP contribution in [0, 0.1) is 11.6 Å². The molecule has 2 aromatic carbocycles. The van der Waals surface area contributed by atoms with Crippen molar-refractivity contribution >= 4 is 0 Å². The third-order valence-corrected chi connectivity index (χ3v) is 5.88. The number of aryl methyl sites for hydroxylation is 1. The van der Waals surface area contributed by atoms with E-state index < -0.39 is 11.6 Å². The van der Waals surface area contributed by atoms with Crippen LogP contribution in [0.25, 0.3) is 11.1 Å². The van der Waals surface area contributed by atoms with Crippen LogP contribution in [0.15, 0.2) is 48.6 Å². The average molecular weight is 399 g/mol. The first-order valence-electron chi connectivity index (χ1n) is 10.9. The van der Waals surface area contributed by atoms with Crippen molar-refractivity contribution in [1.29, 1.82) is 0 Å². The first-order chi connectivity index (χ1) is 14.1. The molecule has 156 valence electrons. The van der Waals surface area contributed by atoms with Crippen molar-refractivity contribution in [3.63, 3.8) is 0 Å². The third kappa shape index (κ3) is 5.54. The molecule has 1 fully saturated rings. The Morgan fingerprint density at radius 2 is 1.69 bits per heavy atom. The normalized spacial score (nSPS) is 19.7. The standard InChI is InChI=1S/C26H32F2O/c1-3-5-6-7-19-8-10-20(11-9-19)23-16-17-24(26(28)25(23)27)21-12-14-22(15-13-21)29-18-4-2/h3,5,8-11,16-17,21-22H,4,6-7,12-15,18H2,1-2H3/b5-3+. The topological polar surface area (TPSA) is 9.23 Å². The lowest BCUT2D eigenvalue weighted by molar-refractivity contribution is 0.0249. The molecule has 1 aliphatic carbocycles. The molecule has 0 spiro atoms. The lowest BCUT2D eigenvalue weighted by Crippen LogP contribution is -2.21. The van der Waals surface area contributed by atoms with Gasteiger partial charge in [0.15, 0.2) is 11.6 Å². The van der Waals surface area contributed by atoms with E-state index in [4.69, 9.17) is 4.74 Å². The van der Waals surface area contributed by atoms with Gasteiger partial charge in [-0.15, -0.1) is 0 Å². The second-order valence-corrected chi connectivity index (χ2v) is 7.98. The van der Waals surface area contributed by atoms with Gasteiger partial charge < -0.3 is 4.74 Å². The lowest BCUT2D eigenvalue weighted by Gasteiger charge is -2.29. The van der Waals surface area contributed by atoms with Crippen LogP contribution in [0.5, 0.6) is 0 Å². The number of allylic oxidation sites excluding steroid dienone is 2. The van der Waals surface area contributed by atoms with E-state index in [1.807, 2.05) is 37.3 Å². The molecule has 1 saturated carbocycles. The first kappa shape index (κ1) is 21.7. The highest BCUT2D eigenvalue weighted by molar-refractivity contribution is 5.65. The van der Waals surface area contributed by atoms with Crippen molar-refractivity contribution in [2.45, 2.75) is 70.8 Å². The summed E-state index contributed by atoms with van der Waals surface area (Å²) in [5.41, 5.74) is 2.78. The van der Waals surface area contributed by atoms with Gasteiger partial charge in [0.05, 0.1) is 6.10 Å². The fourth-order valence-electron chi connectivity index (χ4n) is 4.20. The minimum absolute atomic E-state index is 0.0778. The summed E-state index contributed by atoms with van der Waals surface area (Å²) in [4.78, 5) is 0. The molecule has 0 amide bonds. The maximum atomic E-state index is 14.9. The van der Waals surface area contributed by atoms with Crippen LogP contribution >= 0.6 is 0 Å². The van der Waals surface area contributed by atoms with E-state index in [0.29, 0.717) is 11.1 Å². The Morgan fingerprint density at radius 1 is 0.966 bits per heavy atom. The van der Waals surface area contributed by atoms with Gasteiger partial charge in [0.25, 0.3) is 0 Å². The van der Waals surface area contributed by atoms with Crippen molar-refractivity contribution in [3.05, 3.63) is 71.3 Å². The zero-order chi connectivity index (χ0) is 20.6. The average Bonchev–Trinajstić information content (AvgIpc) is 2.75. The molecule has 0 aliphatic heterocycles. The minimum atomic E-state index is -0.728. The highest BCUT2D eigenvalue weighted by Crippen LogP contribution is 2.37. The molecule has 3 heteroatoms. The molecule has 0 N–H and O–H groups in total. The summed E-state index contributed by atoms with van der Waals surface area (Å²) in [5, 5.41) is 0. The Labute approximate surface area is 173 Å². The molecule has 29 heavy (non-hydrogen) atoms. The first-order valence-corrected chi connectivity index (χ1v) is 10.9. The van der Waals surface area contributed by atoms with Gasteiger partial charge in [-0.05, 0) is 74.5 Å². The summed E-state index contributed by atoms with van der Waals surface area (Å²) < 4.78 is 35.6. The summed E-state index contributed by atoms with van der Waals surface area (Å²) in [7, 11) is 0. The molecular weight excluding hydrogens is 366 g/mol. The fourth-order valence-corrected chi connectivity index (χ4v) is 4.20. The van der Waals surface area contributed by atoms with E-state index in [9.17, 15) is 8.78 Å². The predicted molar refractivity (Wildman–Crippen MR) is 116 cm³/mol. The van der Waals surface area contributed by atoms with Gasteiger partial charge in [0.1, 0.15) is 0 Å². The van der Waals surface area contributed by atoms with Crippen molar-refractivity contribution in [3.8, 4) is 11.1 Å². The Bertz CT molecular complexity index is 802. The van der Waals surface area contributed by atoms with Crippen LogP contribution in [0.2, 0.25) is 0 Å². The summed E-state index contributed by atoms with van der Waals surface area (Å²) in [5.74, 6) is -1.33. The molecule has 0 unspecified atom stereocenters. The van der Waals surface area contributed by atoms with Gasteiger partial charge in [0.2, 0.25) is 0 Å². The summed E-state index contributed by atoms with van der Waals surface area (Å²) in [6.45, 7) is 4.89. The molecule has 1 aliphatic rings. The van der Waals surface area contributed by atoms with Crippen molar-refractivity contribution in [2.24, 2.45) is 0 Å². The van der Waals surface area contributed by atoms with Gasteiger partial charge in [0, 0.05) is 12.2 Å². The highest BCUT2D eigenvalue weighted by Gasteiger charge is 2.26. The quantitative estimate of drug-likeness (QED) is 0.416. The van der Waals surface area contributed by atoms with Gasteiger partial charge in [-0.1, -0.05) is 55.5 Å². The summed E-state index contributed by atoms with van der Waals surface area (Å²) in [6, 6.07) is 11.3.